The summed E-state index contributed by atoms with van der Waals surface area (Å²) in [5.41, 5.74) is 5.30. The van der Waals surface area contributed by atoms with E-state index in [1.807, 2.05) is 31.6 Å². The van der Waals surface area contributed by atoms with Crippen LogP contribution in [0.4, 0.5) is 0 Å². The van der Waals surface area contributed by atoms with E-state index in [-0.39, 0.29) is 0 Å². The second kappa shape index (κ2) is 8.89. The zero-order valence-corrected chi connectivity index (χ0v) is 16.8. The van der Waals surface area contributed by atoms with Crippen molar-refractivity contribution in [2.24, 2.45) is 0 Å². The van der Waals surface area contributed by atoms with Crippen LogP contribution in [0.25, 0.3) is 16.8 Å². The molecule has 0 atom stereocenters. The Labute approximate surface area is 171 Å². The molecule has 0 bridgehead atoms. The molecule has 0 spiro atoms. The van der Waals surface area contributed by atoms with Crippen molar-refractivity contribution in [3.05, 3.63) is 84.6 Å². The van der Waals surface area contributed by atoms with E-state index in [1.54, 1.807) is 43.3 Å². The number of nitrogens with zero attached hydrogens (tertiary/aromatic N) is 5. The fourth-order valence-electron chi connectivity index (χ4n) is 3.05. The van der Waals surface area contributed by atoms with Gasteiger partial charge in [-0.15, -0.1) is 0 Å². The monoisotopic (exact) mass is 385 g/mol. The third-order valence-electron chi connectivity index (χ3n) is 4.57. The second-order valence-corrected chi connectivity index (χ2v) is 6.60. The molecule has 0 saturated carbocycles. The molecule has 0 fully saturated rings. The molecule has 146 valence electrons. The van der Waals surface area contributed by atoms with E-state index in [2.05, 4.69) is 39.9 Å². The summed E-state index contributed by atoms with van der Waals surface area (Å²) in [5.74, 6) is 0.710. The van der Waals surface area contributed by atoms with Gasteiger partial charge < -0.3 is 9.64 Å². The van der Waals surface area contributed by atoms with E-state index in [9.17, 15) is 5.26 Å². The Bertz CT molecular complexity index is 1080. The van der Waals surface area contributed by atoms with Crippen LogP contribution in [0, 0.1) is 11.3 Å². The number of ether oxygens (including phenoxy) is 1. The van der Waals surface area contributed by atoms with Crippen LogP contribution < -0.4 is 4.74 Å². The average Bonchev–Trinajstić information content (AvgIpc) is 3.23. The molecule has 0 saturated heterocycles. The normalized spacial score (nSPS) is 14.8. The molecule has 0 aliphatic carbocycles. The maximum Gasteiger partial charge on any atom is 0.137 e. The van der Waals surface area contributed by atoms with Crippen LogP contribution in [0.5, 0.6) is 5.75 Å². The van der Waals surface area contributed by atoms with Gasteiger partial charge in [-0.1, -0.05) is 24.8 Å². The summed E-state index contributed by atoms with van der Waals surface area (Å²) in [4.78, 5) is 6.40. The topological polar surface area (TPSA) is 67.0 Å². The molecule has 6 nitrogen and oxygen atoms in total. The minimum absolute atomic E-state index is 0.570. The van der Waals surface area contributed by atoms with Crippen LogP contribution in [0.2, 0.25) is 0 Å². The maximum atomic E-state index is 9.34. The van der Waals surface area contributed by atoms with E-state index >= 15 is 0 Å². The van der Waals surface area contributed by atoms with Crippen molar-refractivity contribution >= 4 is 16.8 Å². The molecule has 0 aromatic carbocycles. The van der Waals surface area contributed by atoms with Gasteiger partial charge in [-0.25, -0.2) is 4.68 Å². The summed E-state index contributed by atoms with van der Waals surface area (Å²) in [6, 6.07) is 4.17. The number of nitriles is 1. The molecule has 0 unspecified atom stereocenters. The van der Waals surface area contributed by atoms with Gasteiger partial charge in [0.15, 0.2) is 0 Å². The standard InChI is InChI=1S/C23H23N5O/c1-5-6-7-23(17(2)11-24)28-15-19(13-26-28)22-16-27(3)9-8-21(22)18-10-20(29-4)14-25-12-18/h5-8,10,12-16H,1,9H2,2-4H3/b7-6-,23-17-. The molecule has 29 heavy (non-hydrogen) atoms. The van der Waals surface area contributed by atoms with Crippen LogP contribution in [-0.2, 0) is 0 Å². The third-order valence-corrected chi connectivity index (χ3v) is 4.57. The highest BCUT2D eigenvalue weighted by Crippen LogP contribution is 2.35. The Hall–Kier alpha value is -3.85. The van der Waals surface area contributed by atoms with Gasteiger partial charge >= 0.3 is 0 Å². The number of allylic oxidation sites excluding steroid dienone is 7. The molecule has 0 radical (unpaired) electrons. The van der Waals surface area contributed by atoms with E-state index in [0.29, 0.717) is 17.0 Å². The fraction of sp³-hybridized carbons (Fsp3) is 0.174. The highest BCUT2D eigenvalue weighted by Gasteiger charge is 2.18. The van der Waals surface area contributed by atoms with Gasteiger partial charge in [-0.3, -0.25) is 4.98 Å². The van der Waals surface area contributed by atoms with E-state index in [0.717, 1.165) is 28.8 Å². The van der Waals surface area contributed by atoms with Gasteiger partial charge in [0.25, 0.3) is 0 Å². The Morgan fingerprint density at radius 1 is 1.28 bits per heavy atom. The van der Waals surface area contributed by atoms with Gasteiger partial charge in [-0.05, 0) is 24.6 Å². The Kier molecular flexibility index (Phi) is 6.10. The van der Waals surface area contributed by atoms with E-state index in [1.165, 1.54) is 0 Å². The summed E-state index contributed by atoms with van der Waals surface area (Å²) >= 11 is 0. The minimum Gasteiger partial charge on any atom is -0.495 e. The summed E-state index contributed by atoms with van der Waals surface area (Å²) < 4.78 is 7.04. The van der Waals surface area contributed by atoms with Crippen molar-refractivity contribution in [3.63, 3.8) is 0 Å². The number of likely N-dealkylation sites (N-methyl/N-ethyl adjacent to an activating group) is 1. The van der Waals surface area contributed by atoms with Crippen LogP contribution in [0.3, 0.4) is 0 Å². The molecule has 6 heteroatoms. The summed E-state index contributed by atoms with van der Waals surface area (Å²) in [6.07, 6.45) is 16.8. The lowest BCUT2D eigenvalue weighted by Gasteiger charge is -2.23. The molecule has 1 aliphatic rings. The van der Waals surface area contributed by atoms with Crippen molar-refractivity contribution in [1.82, 2.24) is 19.7 Å². The number of hydrogen-bond donors (Lipinski definition) is 0. The van der Waals surface area contributed by atoms with Crippen molar-refractivity contribution in [3.8, 4) is 11.8 Å². The lowest BCUT2D eigenvalue weighted by Crippen LogP contribution is -2.16. The fourth-order valence-corrected chi connectivity index (χ4v) is 3.05. The predicted octanol–water partition coefficient (Wildman–Crippen LogP) is 4.15. The zero-order chi connectivity index (χ0) is 20.8. The molecular weight excluding hydrogens is 362 g/mol. The average molecular weight is 385 g/mol. The third kappa shape index (κ3) is 4.36. The number of hydrogen-bond acceptors (Lipinski definition) is 5. The smallest absolute Gasteiger partial charge is 0.137 e. The minimum atomic E-state index is 0.570. The summed E-state index contributed by atoms with van der Waals surface area (Å²) in [5, 5.41) is 13.8. The van der Waals surface area contributed by atoms with Gasteiger partial charge in [0.1, 0.15) is 5.75 Å². The highest BCUT2D eigenvalue weighted by molar-refractivity contribution is 6.05. The molecule has 3 rings (SSSR count). The lowest BCUT2D eigenvalue weighted by molar-refractivity contribution is 0.412. The van der Waals surface area contributed by atoms with Crippen LogP contribution in [0.15, 0.2) is 73.5 Å². The molecule has 3 heterocycles. The van der Waals surface area contributed by atoms with Gasteiger partial charge in [0.2, 0.25) is 0 Å². The van der Waals surface area contributed by atoms with Crippen molar-refractivity contribution < 1.29 is 4.74 Å². The number of rotatable bonds is 6. The second-order valence-electron chi connectivity index (χ2n) is 6.60. The Balaban J connectivity index is 2.04. The first-order chi connectivity index (χ1) is 14.1. The van der Waals surface area contributed by atoms with Crippen molar-refractivity contribution in [1.29, 1.82) is 5.26 Å². The zero-order valence-electron chi connectivity index (χ0n) is 16.8. The SMILES string of the molecule is C=C/C=C\C(=C(/C)C#N)n1cc(C2=CN(C)CC=C2c2cncc(OC)c2)cn1. The maximum absolute atomic E-state index is 9.34. The molecule has 0 N–H and O–H groups in total. The first kappa shape index (κ1) is 19.9. The number of aromatic nitrogens is 3. The van der Waals surface area contributed by atoms with Crippen molar-refractivity contribution in [2.45, 2.75) is 6.92 Å². The molecule has 2 aromatic heterocycles. The highest BCUT2D eigenvalue weighted by atomic mass is 16.5. The molecule has 2 aromatic rings. The van der Waals surface area contributed by atoms with E-state index in [4.69, 9.17) is 4.74 Å². The number of pyridine rings is 1. The van der Waals surface area contributed by atoms with Crippen LogP contribution in [-0.4, -0.2) is 40.4 Å². The molecular formula is C23H23N5O. The van der Waals surface area contributed by atoms with Gasteiger partial charge in [0, 0.05) is 48.9 Å². The van der Waals surface area contributed by atoms with Gasteiger partial charge in [0.05, 0.1) is 36.8 Å². The summed E-state index contributed by atoms with van der Waals surface area (Å²) in [7, 11) is 3.66. The first-order valence-corrected chi connectivity index (χ1v) is 9.15. The first-order valence-electron chi connectivity index (χ1n) is 9.15. The largest absolute Gasteiger partial charge is 0.495 e. The van der Waals surface area contributed by atoms with Crippen LogP contribution >= 0.6 is 0 Å². The lowest BCUT2D eigenvalue weighted by atomic mass is 9.93. The quantitative estimate of drug-likeness (QED) is 0.552. The number of methoxy groups -OCH3 is 1. The van der Waals surface area contributed by atoms with Crippen molar-refractivity contribution in [2.75, 3.05) is 20.7 Å². The van der Waals surface area contributed by atoms with Crippen LogP contribution in [0.1, 0.15) is 18.1 Å². The van der Waals surface area contributed by atoms with Gasteiger partial charge in [-0.2, -0.15) is 10.4 Å². The molecule has 0 amide bonds. The van der Waals surface area contributed by atoms with E-state index < -0.39 is 0 Å². The Morgan fingerprint density at radius 3 is 2.83 bits per heavy atom. The predicted molar refractivity (Wildman–Crippen MR) is 115 cm³/mol. The Morgan fingerprint density at radius 2 is 2.10 bits per heavy atom. The summed E-state index contributed by atoms with van der Waals surface area (Å²) in [6.45, 7) is 6.26. The molecule has 1 aliphatic heterocycles.